The maximum atomic E-state index is 12.8. The van der Waals surface area contributed by atoms with Crippen LogP contribution in [0.4, 0.5) is 0 Å². The van der Waals surface area contributed by atoms with E-state index in [-0.39, 0.29) is 11.3 Å². The molecule has 25 heavy (non-hydrogen) atoms. The number of fused-ring (bicyclic) bond motifs is 3. The topological polar surface area (TPSA) is 61.8 Å². The number of hydrogen-bond acceptors (Lipinski definition) is 5. The first-order valence-corrected chi connectivity index (χ1v) is 8.78. The first kappa shape index (κ1) is 17.8. The molecule has 2 atom stereocenters. The van der Waals surface area contributed by atoms with E-state index in [1.165, 1.54) is 25.3 Å². The van der Waals surface area contributed by atoms with Gasteiger partial charge in [-0.2, -0.15) is 0 Å². The first-order chi connectivity index (χ1) is 11.9. The Labute approximate surface area is 148 Å². The molecule has 0 aliphatic heterocycles. The SMILES string of the molecule is COC(=O)C1(C(=O)OC)CCC[C@@]2(C)c3cc(OC)ccc3CC[C@@H]12. The lowest BCUT2D eigenvalue weighted by molar-refractivity contribution is -0.181. The molecule has 5 heteroatoms. The van der Waals surface area contributed by atoms with Crippen molar-refractivity contribution in [2.45, 2.75) is 44.4 Å². The third kappa shape index (κ3) is 2.43. The molecule has 0 spiro atoms. The lowest BCUT2D eigenvalue weighted by Crippen LogP contribution is -2.58. The highest BCUT2D eigenvalue weighted by atomic mass is 16.5. The Morgan fingerprint density at radius 3 is 2.36 bits per heavy atom. The van der Waals surface area contributed by atoms with Crippen LogP contribution in [0.15, 0.2) is 18.2 Å². The molecule has 2 aliphatic rings. The number of ether oxygens (including phenoxy) is 3. The summed E-state index contributed by atoms with van der Waals surface area (Å²) in [4.78, 5) is 25.5. The van der Waals surface area contributed by atoms with E-state index in [1.807, 2.05) is 6.07 Å². The Hall–Kier alpha value is -2.04. The van der Waals surface area contributed by atoms with Gasteiger partial charge in [0.15, 0.2) is 5.41 Å². The van der Waals surface area contributed by atoms with Crippen molar-refractivity contribution in [1.82, 2.24) is 0 Å². The van der Waals surface area contributed by atoms with Gasteiger partial charge in [-0.15, -0.1) is 0 Å². The van der Waals surface area contributed by atoms with E-state index in [2.05, 4.69) is 19.1 Å². The summed E-state index contributed by atoms with van der Waals surface area (Å²) in [6.07, 6.45) is 3.77. The number of methoxy groups -OCH3 is 3. The average Bonchev–Trinajstić information content (AvgIpc) is 2.65. The van der Waals surface area contributed by atoms with Gasteiger partial charge in [0, 0.05) is 0 Å². The summed E-state index contributed by atoms with van der Waals surface area (Å²) in [5, 5.41) is 0. The second-order valence-corrected chi connectivity index (χ2v) is 7.34. The smallest absolute Gasteiger partial charge is 0.323 e. The maximum Gasteiger partial charge on any atom is 0.323 e. The summed E-state index contributed by atoms with van der Waals surface area (Å²) in [5.41, 5.74) is 0.935. The van der Waals surface area contributed by atoms with Gasteiger partial charge in [-0.3, -0.25) is 9.59 Å². The van der Waals surface area contributed by atoms with Crippen molar-refractivity contribution in [2.24, 2.45) is 11.3 Å². The Kier molecular flexibility index (Phi) is 4.52. The molecule has 0 bridgehead atoms. The zero-order chi connectivity index (χ0) is 18.2. The number of carbonyl (C=O) groups is 2. The minimum Gasteiger partial charge on any atom is -0.497 e. The van der Waals surface area contributed by atoms with Crippen molar-refractivity contribution < 1.29 is 23.8 Å². The van der Waals surface area contributed by atoms with Crippen LogP contribution >= 0.6 is 0 Å². The molecule has 0 N–H and O–H groups in total. The van der Waals surface area contributed by atoms with Gasteiger partial charge in [-0.1, -0.05) is 19.4 Å². The second-order valence-electron chi connectivity index (χ2n) is 7.34. The molecule has 0 aromatic heterocycles. The molecule has 0 heterocycles. The fraction of sp³-hybridized carbons (Fsp3) is 0.600. The summed E-state index contributed by atoms with van der Waals surface area (Å²) < 4.78 is 15.6. The van der Waals surface area contributed by atoms with Crippen molar-refractivity contribution >= 4 is 11.9 Å². The van der Waals surface area contributed by atoms with E-state index in [1.54, 1.807) is 7.11 Å². The summed E-state index contributed by atoms with van der Waals surface area (Å²) in [6.45, 7) is 2.16. The van der Waals surface area contributed by atoms with Crippen LogP contribution in [-0.2, 0) is 30.9 Å². The van der Waals surface area contributed by atoms with E-state index < -0.39 is 17.4 Å². The molecule has 0 unspecified atom stereocenters. The van der Waals surface area contributed by atoms with Gasteiger partial charge in [-0.25, -0.2) is 0 Å². The predicted molar refractivity (Wildman–Crippen MR) is 92.5 cm³/mol. The molecule has 2 aliphatic carbocycles. The third-order valence-corrected chi connectivity index (χ3v) is 6.37. The molecule has 1 saturated carbocycles. The third-order valence-electron chi connectivity index (χ3n) is 6.37. The van der Waals surface area contributed by atoms with Crippen molar-refractivity contribution in [3.8, 4) is 5.75 Å². The predicted octanol–water partition coefficient (Wildman–Crippen LogP) is 3.03. The Balaban J connectivity index is 2.16. The number of hydrogen-bond donors (Lipinski definition) is 0. The molecule has 3 rings (SSSR count). The number of esters is 2. The Morgan fingerprint density at radius 2 is 1.76 bits per heavy atom. The van der Waals surface area contributed by atoms with E-state index >= 15 is 0 Å². The summed E-state index contributed by atoms with van der Waals surface area (Å²) in [7, 11) is 4.34. The van der Waals surface area contributed by atoms with Crippen LogP contribution in [0.1, 0.15) is 43.7 Å². The lowest BCUT2D eigenvalue weighted by atomic mass is 9.49. The molecular formula is C20H26O5. The molecule has 0 amide bonds. The quantitative estimate of drug-likeness (QED) is 0.622. The highest BCUT2D eigenvalue weighted by molar-refractivity contribution is 6.01. The fourth-order valence-corrected chi connectivity index (χ4v) is 5.18. The average molecular weight is 346 g/mol. The van der Waals surface area contributed by atoms with Crippen molar-refractivity contribution in [3.05, 3.63) is 29.3 Å². The molecule has 1 aromatic rings. The Morgan fingerprint density at radius 1 is 1.08 bits per heavy atom. The molecule has 1 fully saturated rings. The van der Waals surface area contributed by atoms with Crippen LogP contribution in [0.3, 0.4) is 0 Å². The highest BCUT2D eigenvalue weighted by Crippen LogP contribution is 2.58. The van der Waals surface area contributed by atoms with Crippen LogP contribution < -0.4 is 4.74 Å². The van der Waals surface area contributed by atoms with Gasteiger partial charge in [0.2, 0.25) is 0 Å². The van der Waals surface area contributed by atoms with Gasteiger partial charge in [0.1, 0.15) is 5.75 Å². The molecule has 136 valence electrons. The molecule has 1 aromatic carbocycles. The van der Waals surface area contributed by atoms with Gasteiger partial charge < -0.3 is 14.2 Å². The fourth-order valence-electron chi connectivity index (χ4n) is 5.18. The largest absolute Gasteiger partial charge is 0.497 e. The number of benzene rings is 1. The van der Waals surface area contributed by atoms with Gasteiger partial charge >= 0.3 is 11.9 Å². The van der Waals surface area contributed by atoms with Gasteiger partial charge in [0.05, 0.1) is 21.3 Å². The molecular weight excluding hydrogens is 320 g/mol. The van der Waals surface area contributed by atoms with E-state index in [0.29, 0.717) is 6.42 Å². The zero-order valence-corrected chi connectivity index (χ0v) is 15.4. The second kappa shape index (κ2) is 6.36. The molecule has 0 radical (unpaired) electrons. The lowest BCUT2D eigenvalue weighted by Gasteiger charge is -2.53. The highest BCUT2D eigenvalue weighted by Gasteiger charge is 2.63. The van der Waals surface area contributed by atoms with Gasteiger partial charge in [-0.05, 0) is 60.3 Å². The zero-order valence-electron chi connectivity index (χ0n) is 15.4. The minimum absolute atomic E-state index is 0.145. The number of aryl methyl sites for hydroxylation is 1. The number of carbonyl (C=O) groups excluding carboxylic acids is 2. The molecule has 5 nitrogen and oxygen atoms in total. The summed E-state index contributed by atoms with van der Waals surface area (Å²) >= 11 is 0. The minimum atomic E-state index is -1.22. The molecule has 0 saturated heterocycles. The Bertz CT molecular complexity index is 679. The first-order valence-electron chi connectivity index (χ1n) is 8.78. The number of rotatable bonds is 3. The standard InChI is InChI=1S/C20H26O5/c1-19-10-5-11-20(17(21)24-3,18(22)25-4)16(19)9-7-13-6-8-14(23-2)12-15(13)19/h6,8,12,16H,5,7,9-11H2,1-4H3/t16-,19+/m1/s1. The van der Waals surface area contributed by atoms with Crippen LogP contribution in [0.25, 0.3) is 0 Å². The van der Waals surface area contributed by atoms with Crippen molar-refractivity contribution in [1.29, 1.82) is 0 Å². The van der Waals surface area contributed by atoms with Crippen LogP contribution in [0, 0.1) is 11.3 Å². The summed E-state index contributed by atoms with van der Waals surface area (Å²) in [6, 6.07) is 6.13. The van der Waals surface area contributed by atoms with E-state index in [0.717, 1.165) is 31.4 Å². The van der Waals surface area contributed by atoms with Crippen LogP contribution in [0.2, 0.25) is 0 Å². The monoisotopic (exact) mass is 346 g/mol. The van der Waals surface area contributed by atoms with E-state index in [9.17, 15) is 9.59 Å². The van der Waals surface area contributed by atoms with Crippen LogP contribution in [0.5, 0.6) is 5.75 Å². The van der Waals surface area contributed by atoms with Crippen molar-refractivity contribution in [3.63, 3.8) is 0 Å². The maximum absolute atomic E-state index is 12.8. The van der Waals surface area contributed by atoms with Gasteiger partial charge in [0.25, 0.3) is 0 Å². The van der Waals surface area contributed by atoms with E-state index in [4.69, 9.17) is 14.2 Å². The normalized spacial score (nSPS) is 26.8. The van der Waals surface area contributed by atoms with Crippen LogP contribution in [-0.4, -0.2) is 33.3 Å². The van der Waals surface area contributed by atoms with Crippen molar-refractivity contribution in [2.75, 3.05) is 21.3 Å². The summed E-state index contributed by atoms with van der Waals surface area (Å²) in [5.74, 6) is -0.288.